The maximum Gasteiger partial charge on any atom is 0.0143 e. The van der Waals surface area contributed by atoms with Crippen LogP contribution >= 0.6 is 0 Å². The normalized spacial score (nSPS) is 8.29. The van der Waals surface area contributed by atoms with Gasteiger partial charge in [0, 0.05) is 13.1 Å². The molecular weight excluding hydrogens is 86.1 g/mol. The van der Waals surface area contributed by atoms with Crippen LogP contribution in [-0.4, -0.2) is 18.0 Å². The lowest BCUT2D eigenvalue weighted by Gasteiger charge is -2.12. The second-order valence-corrected chi connectivity index (χ2v) is 1.37. The van der Waals surface area contributed by atoms with E-state index in [-0.39, 0.29) is 0 Å². The Balaban J connectivity index is 3.16. The van der Waals surface area contributed by atoms with E-state index in [9.17, 15) is 0 Å². The quantitative estimate of drug-likeness (QED) is 0.514. The van der Waals surface area contributed by atoms with E-state index in [1.54, 1.807) is 6.20 Å². The summed E-state index contributed by atoms with van der Waals surface area (Å²) >= 11 is 0. The van der Waals surface area contributed by atoms with Gasteiger partial charge in [0.25, 0.3) is 0 Å². The van der Waals surface area contributed by atoms with Crippen LogP contribution in [0.15, 0.2) is 6.20 Å². The van der Waals surface area contributed by atoms with Gasteiger partial charge >= 0.3 is 0 Å². The molecule has 0 amide bonds. The summed E-state index contributed by atoms with van der Waals surface area (Å²) in [5, 5.41) is 0. The highest BCUT2D eigenvalue weighted by atomic mass is 15.1. The fraction of sp³-hybridized carbons (Fsp3) is 0.667. The molecule has 0 saturated carbocycles. The van der Waals surface area contributed by atoms with E-state index in [4.69, 9.17) is 6.58 Å². The fourth-order valence-corrected chi connectivity index (χ4v) is 0.434. The van der Waals surface area contributed by atoms with Gasteiger partial charge in [0.15, 0.2) is 0 Å². The van der Waals surface area contributed by atoms with Gasteiger partial charge in [-0.1, -0.05) is 0 Å². The van der Waals surface area contributed by atoms with Crippen LogP contribution in [-0.2, 0) is 0 Å². The number of nitrogens with zero attached hydrogens (tertiary/aromatic N) is 1. The Hall–Kier alpha value is -0.460. The maximum atomic E-state index is 5.19. The first kappa shape index (κ1) is 6.54. The smallest absolute Gasteiger partial charge is 0.0143 e. The first-order chi connectivity index (χ1) is 3.35. The molecule has 1 radical (unpaired) electrons. The molecule has 0 aliphatic heterocycles. The number of hydrogen-bond donors (Lipinski definition) is 0. The zero-order chi connectivity index (χ0) is 5.70. The Kier molecular flexibility index (Phi) is 3.48. The van der Waals surface area contributed by atoms with Crippen molar-refractivity contribution in [2.45, 2.75) is 13.8 Å². The molecular formula is C6H12N. The Morgan fingerprint density at radius 2 is 1.86 bits per heavy atom. The lowest BCUT2D eigenvalue weighted by atomic mass is 10.5. The van der Waals surface area contributed by atoms with Crippen LogP contribution in [0.2, 0.25) is 0 Å². The van der Waals surface area contributed by atoms with Gasteiger partial charge in [-0.3, -0.25) is 0 Å². The molecule has 0 atom stereocenters. The Bertz CT molecular complexity index is 46.1. The summed E-state index contributed by atoms with van der Waals surface area (Å²) < 4.78 is 0. The molecule has 1 heteroatoms. The summed E-state index contributed by atoms with van der Waals surface area (Å²) in [6, 6.07) is 0. The van der Waals surface area contributed by atoms with Gasteiger partial charge in [-0.2, -0.15) is 0 Å². The molecule has 0 saturated heterocycles. The van der Waals surface area contributed by atoms with Crippen LogP contribution < -0.4 is 0 Å². The topological polar surface area (TPSA) is 3.24 Å². The van der Waals surface area contributed by atoms with Crippen LogP contribution in [0.25, 0.3) is 0 Å². The molecule has 0 bridgehead atoms. The van der Waals surface area contributed by atoms with Crippen LogP contribution in [0, 0.1) is 6.58 Å². The molecule has 7 heavy (non-hydrogen) atoms. The van der Waals surface area contributed by atoms with Gasteiger partial charge < -0.3 is 4.90 Å². The third kappa shape index (κ3) is 2.26. The van der Waals surface area contributed by atoms with Gasteiger partial charge in [0.05, 0.1) is 0 Å². The average molecular weight is 98.2 g/mol. The highest BCUT2D eigenvalue weighted by Crippen LogP contribution is 1.82. The van der Waals surface area contributed by atoms with Crippen molar-refractivity contribution in [1.82, 2.24) is 4.90 Å². The highest BCUT2D eigenvalue weighted by molar-refractivity contribution is 4.62. The lowest BCUT2D eigenvalue weighted by Crippen LogP contribution is -2.14. The van der Waals surface area contributed by atoms with Crippen molar-refractivity contribution in [3.63, 3.8) is 0 Å². The Labute approximate surface area is 45.6 Å². The summed E-state index contributed by atoms with van der Waals surface area (Å²) in [5.41, 5.74) is 0. The van der Waals surface area contributed by atoms with E-state index < -0.39 is 0 Å². The van der Waals surface area contributed by atoms with Gasteiger partial charge in [-0.25, -0.2) is 0 Å². The van der Waals surface area contributed by atoms with Crippen LogP contribution in [0.3, 0.4) is 0 Å². The molecule has 0 aliphatic carbocycles. The maximum absolute atomic E-state index is 5.19. The van der Waals surface area contributed by atoms with Crippen molar-refractivity contribution in [3.05, 3.63) is 12.8 Å². The van der Waals surface area contributed by atoms with E-state index in [0.717, 1.165) is 13.1 Å². The van der Waals surface area contributed by atoms with E-state index >= 15 is 0 Å². The zero-order valence-corrected chi connectivity index (χ0v) is 5.02. The van der Waals surface area contributed by atoms with Crippen molar-refractivity contribution >= 4 is 0 Å². The summed E-state index contributed by atoms with van der Waals surface area (Å²) in [6.07, 6.45) is 1.61. The third-order valence-electron chi connectivity index (χ3n) is 1.02. The van der Waals surface area contributed by atoms with Gasteiger partial charge in [-0.15, -0.1) is 0 Å². The summed E-state index contributed by atoms with van der Waals surface area (Å²) in [6.45, 7) is 11.4. The SMILES string of the molecule is [CH]=CN(CC)CC. The lowest BCUT2D eigenvalue weighted by molar-refractivity contribution is 0.419. The average Bonchev–Trinajstić information content (AvgIpc) is 1.72. The second-order valence-electron chi connectivity index (χ2n) is 1.37. The summed E-state index contributed by atoms with van der Waals surface area (Å²) in [4.78, 5) is 2.03. The van der Waals surface area contributed by atoms with Crippen molar-refractivity contribution in [2.24, 2.45) is 0 Å². The van der Waals surface area contributed by atoms with E-state index in [2.05, 4.69) is 13.8 Å². The first-order valence-corrected chi connectivity index (χ1v) is 2.64. The predicted molar refractivity (Wildman–Crippen MR) is 31.8 cm³/mol. The summed E-state index contributed by atoms with van der Waals surface area (Å²) in [5.74, 6) is 0. The first-order valence-electron chi connectivity index (χ1n) is 2.64. The zero-order valence-electron chi connectivity index (χ0n) is 5.02. The number of hydrogen-bond acceptors (Lipinski definition) is 1. The van der Waals surface area contributed by atoms with Gasteiger partial charge in [0.2, 0.25) is 0 Å². The van der Waals surface area contributed by atoms with Crippen molar-refractivity contribution in [2.75, 3.05) is 13.1 Å². The molecule has 0 aromatic carbocycles. The molecule has 0 N–H and O–H groups in total. The highest BCUT2D eigenvalue weighted by Gasteiger charge is 1.83. The molecule has 0 aromatic heterocycles. The van der Waals surface area contributed by atoms with E-state index in [1.807, 2.05) is 4.90 Å². The molecule has 0 heterocycles. The minimum Gasteiger partial charge on any atom is -0.378 e. The monoisotopic (exact) mass is 98.1 g/mol. The Morgan fingerprint density at radius 1 is 1.43 bits per heavy atom. The van der Waals surface area contributed by atoms with Crippen LogP contribution in [0.4, 0.5) is 0 Å². The minimum absolute atomic E-state index is 1.01. The predicted octanol–water partition coefficient (Wildman–Crippen LogP) is 1.27. The van der Waals surface area contributed by atoms with Crippen molar-refractivity contribution in [1.29, 1.82) is 0 Å². The summed E-state index contributed by atoms with van der Waals surface area (Å²) in [7, 11) is 0. The fourth-order valence-electron chi connectivity index (χ4n) is 0.434. The molecule has 41 valence electrons. The Morgan fingerprint density at radius 3 is 1.86 bits per heavy atom. The molecule has 0 unspecified atom stereocenters. The van der Waals surface area contributed by atoms with Crippen LogP contribution in [0.5, 0.6) is 0 Å². The largest absolute Gasteiger partial charge is 0.378 e. The van der Waals surface area contributed by atoms with Gasteiger partial charge in [0.1, 0.15) is 0 Å². The molecule has 0 spiro atoms. The second kappa shape index (κ2) is 3.72. The molecule has 1 nitrogen and oxygen atoms in total. The molecule has 0 aromatic rings. The number of rotatable bonds is 3. The van der Waals surface area contributed by atoms with Crippen LogP contribution in [0.1, 0.15) is 13.8 Å². The van der Waals surface area contributed by atoms with E-state index in [1.165, 1.54) is 0 Å². The minimum atomic E-state index is 1.01. The molecule has 0 fully saturated rings. The van der Waals surface area contributed by atoms with Gasteiger partial charge in [-0.05, 0) is 26.6 Å². The molecule has 0 aliphatic rings. The molecule has 0 rings (SSSR count). The van der Waals surface area contributed by atoms with Crippen molar-refractivity contribution < 1.29 is 0 Å². The van der Waals surface area contributed by atoms with E-state index in [0.29, 0.717) is 0 Å². The van der Waals surface area contributed by atoms with Crippen molar-refractivity contribution in [3.8, 4) is 0 Å². The standard InChI is InChI=1S/C6H12N/c1-4-7(5-2)6-3/h1,4H,5-6H2,2-3H3. The third-order valence-corrected chi connectivity index (χ3v) is 1.02.